The first-order valence-corrected chi connectivity index (χ1v) is 7.80. The van der Waals surface area contributed by atoms with Crippen molar-refractivity contribution in [3.8, 4) is 0 Å². The second-order valence-corrected chi connectivity index (χ2v) is 6.75. The van der Waals surface area contributed by atoms with E-state index >= 15 is 0 Å². The zero-order valence-electron chi connectivity index (χ0n) is 14.5. The van der Waals surface area contributed by atoms with Crippen molar-refractivity contribution in [1.29, 1.82) is 0 Å². The first-order valence-electron chi connectivity index (χ1n) is 7.80. The average molecular weight is 342 g/mol. The summed E-state index contributed by atoms with van der Waals surface area (Å²) in [4.78, 5) is 24.6. The number of hydrogen-bond acceptors (Lipinski definition) is 6. The predicted octanol–water partition coefficient (Wildman–Crippen LogP) is 3.24. The van der Waals surface area contributed by atoms with Crippen molar-refractivity contribution < 1.29 is 19.1 Å². The van der Waals surface area contributed by atoms with Gasteiger partial charge in [-0.25, -0.2) is 9.59 Å². The number of rotatable bonds is 4. The lowest BCUT2D eigenvalue weighted by Gasteiger charge is -2.29. The predicted molar refractivity (Wildman–Crippen MR) is 95.8 cm³/mol. The lowest BCUT2D eigenvalue weighted by atomic mass is 9.96. The molecule has 0 unspecified atom stereocenters. The van der Waals surface area contributed by atoms with E-state index in [0.717, 1.165) is 0 Å². The van der Waals surface area contributed by atoms with Gasteiger partial charge >= 0.3 is 11.9 Å². The van der Waals surface area contributed by atoms with E-state index < -0.39 is 23.6 Å². The van der Waals surface area contributed by atoms with Crippen LogP contribution >= 0.6 is 0 Å². The molecule has 0 spiro atoms. The van der Waals surface area contributed by atoms with Crippen molar-refractivity contribution in [3.63, 3.8) is 0 Å². The summed E-state index contributed by atoms with van der Waals surface area (Å²) in [6, 6.07) is 12.6. The van der Waals surface area contributed by atoms with Crippen LogP contribution in [0.25, 0.3) is 0 Å². The average Bonchev–Trinajstić information content (AvgIpc) is 2.54. The highest BCUT2D eigenvalue weighted by atomic mass is 16.7. The zero-order chi connectivity index (χ0) is 18.6. The lowest BCUT2D eigenvalue weighted by Crippen LogP contribution is -2.36. The van der Waals surface area contributed by atoms with E-state index in [9.17, 15) is 9.59 Å². The lowest BCUT2D eigenvalue weighted by molar-refractivity contribution is -0.131. The highest BCUT2D eigenvalue weighted by Crippen LogP contribution is 2.26. The van der Waals surface area contributed by atoms with Gasteiger partial charge in [0.25, 0.3) is 6.29 Å². The quantitative estimate of drug-likeness (QED) is 0.502. The zero-order valence-corrected chi connectivity index (χ0v) is 14.5. The number of nitrogen functional groups attached to an aromatic ring is 2. The van der Waals surface area contributed by atoms with Gasteiger partial charge in [-0.3, -0.25) is 0 Å². The summed E-state index contributed by atoms with van der Waals surface area (Å²) < 4.78 is 10.8. The van der Waals surface area contributed by atoms with E-state index in [1.165, 1.54) is 0 Å². The van der Waals surface area contributed by atoms with Gasteiger partial charge in [-0.05, 0) is 48.5 Å². The van der Waals surface area contributed by atoms with E-state index in [1.54, 1.807) is 48.5 Å². The smallest absolute Gasteiger partial charge is 0.341 e. The van der Waals surface area contributed by atoms with E-state index in [1.807, 2.05) is 20.8 Å². The Hall–Kier alpha value is -3.02. The molecule has 0 radical (unpaired) electrons. The maximum absolute atomic E-state index is 12.3. The Morgan fingerprint density at radius 2 is 1.08 bits per heavy atom. The molecule has 25 heavy (non-hydrogen) atoms. The summed E-state index contributed by atoms with van der Waals surface area (Å²) in [5, 5.41) is 0. The van der Waals surface area contributed by atoms with Gasteiger partial charge in [0.05, 0.1) is 11.1 Å². The number of carbonyl (C=O) groups is 2. The van der Waals surface area contributed by atoms with Crippen LogP contribution in [0.5, 0.6) is 0 Å². The summed E-state index contributed by atoms with van der Waals surface area (Å²) in [7, 11) is 0. The highest BCUT2D eigenvalue weighted by Gasteiger charge is 2.32. The fraction of sp³-hybridized carbons (Fsp3) is 0.263. The van der Waals surface area contributed by atoms with Crippen LogP contribution in [0.3, 0.4) is 0 Å². The molecule has 0 aliphatic carbocycles. The van der Waals surface area contributed by atoms with Gasteiger partial charge in [-0.15, -0.1) is 0 Å². The van der Waals surface area contributed by atoms with Gasteiger partial charge in [-0.1, -0.05) is 20.8 Å². The minimum absolute atomic E-state index is 0.326. The van der Waals surface area contributed by atoms with Crippen molar-refractivity contribution in [3.05, 3.63) is 59.7 Å². The van der Waals surface area contributed by atoms with Crippen LogP contribution in [0.15, 0.2) is 48.5 Å². The Bertz CT molecular complexity index is 687. The number of hydrogen-bond donors (Lipinski definition) is 2. The van der Waals surface area contributed by atoms with E-state index in [-0.39, 0.29) is 0 Å². The van der Waals surface area contributed by atoms with Crippen LogP contribution in [0, 0.1) is 5.41 Å². The molecule has 0 saturated heterocycles. The van der Waals surface area contributed by atoms with Gasteiger partial charge in [0.15, 0.2) is 0 Å². The molecule has 4 N–H and O–H groups in total. The van der Waals surface area contributed by atoms with Gasteiger partial charge in [-0.2, -0.15) is 0 Å². The third-order valence-corrected chi connectivity index (χ3v) is 3.43. The Kier molecular flexibility index (Phi) is 5.32. The first-order chi connectivity index (χ1) is 11.7. The number of esters is 2. The second-order valence-electron chi connectivity index (χ2n) is 6.75. The summed E-state index contributed by atoms with van der Waals surface area (Å²) >= 11 is 0. The minimum Gasteiger partial charge on any atom is -0.421 e. The van der Waals surface area contributed by atoms with Crippen LogP contribution in [-0.2, 0) is 9.47 Å². The van der Waals surface area contributed by atoms with Crippen LogP contribution in [0.2, 0.25) is 0 Å². The molecule has 132 valence electrons. The second kappa shape index (κ2) is 7.25. The van der Waals surface area contributed by atoms with Crippen LogP contribution in [-0.4, -0.2) is 18.2 Å². The van der Waals surface area contributed by atoms with Crippen LogP contribution in [0.1, 0.15) is 41.5 Å². The Morgan fingerprint density at radius 3 is 1.36 bits per heavy atom. The molecule has 0 atom stereocenters. The topological polar surface area (TPSA) is 105 Å². The van der Waals surface area contributed by atoms with E-state index in [4.69, 9.17) is 20.9 Å². The molecule has 0 heterocycles. The number of nitrogens with two attached hydrogens (primary N) is 2. The molecule has 0 fully saturated rings. The van der Waals surface area contributed by atoms with Crippen molar-refractivity contribution in [1.82, 2.24) is 0 Å². The molecular weight excluding hydrogens is 320 g/mol. The number of benzene rings is 2. The molecule has 0 saturated carbocycles. The Labute approximate surface area is 146 Å². The molecular formula is C19H22N2O4. The van der Waals surface area contributed by atoms with Crippen molar-refractivity contribution in [2.24, 2.45) is 5.41 Å². The third-order valence-electron chi connectivity index (χ3n) is 3.43. The molecule has 0 amide bonds. The maximum atomic E-state index is 12.3. The van der Waals surface area contributed by atoms with Gasteiger partial charge in [0.2, 0.25) is 0 Å². The molecule has 6 nitrogen and oxygen atoms in total. The summed E-state index contributed by atoms with van der Waals surface area (Å²) in [5.41, 5.74) is 12.3. The van der Waals surface area contributed by atoms with E-state index in [2.05, 4.69) is 0 Å². The minimum atomic E-state index is -1.05. The third kappa shape index (κ3) is 4.97. The molecule has 2 aromatic rings. The SMILES string of the molecule is CC(C)(C)C(OC(=O)c1ccc(N)cc1)OC(=O)c1ccc(N)cc1. The normalized spacial score (nSPS) is 11.2. The maximum Gasteiger partial charge on any atom is 0.341 e. The van der Waals surface area contributed by atoms with Crippen LogP contribution < -0.4 is 11.5 Å². The molecule has 6 heteroatoms. The van der Waals surface area contributed by atoms with Gasteiger partial charge in [0.1, 0.15) is 0 Å². The number of anilines is 2. The van der Waals surface area contributed by atoms with Crippen molar-refractivity contribution >= 4 is 23.3 Å². The molecule has 0 aliphatic rings. The van der Waals surface area contributed by atoms with E-state index in [0.29, 0.717) is 22.5 Å². The van der Waals surface area contributed by atoms with Gasteiger partial charge < -0.3 is 20.9 Å². The summed E-state index contributed by atoms with van der Waals surface area (Å²) in [6.45, 7) is 5.43. The van der Waals surface area contributed by atoms with Crippen molar-refractivity contribution in [2.75, 3.05) is 11.5 Å². The number of ether oxygens (including phenoxy) is 2. The summed E-state index contributed by atoms with van der Waals surface area (Å²) in [6.07, 6.45) is -1.05. The fourth-order valence-electron chi connectivity index (χ4n) is 1.95. The standard InChI is InChI=1S/C19H22N2O4/c1-19(2,3)18(24-16(22)12-4-8-14(20)9-5-12)25-17(23)13-6-10-15(21)11-7-13/h4-11,18H,20-21H2,1-3H3. The van der Waals surface area contributed by atoms with Gasteiger partial charge in [0, 0.05) is 16.8 Å². The monoisotopic (exact) mass is 342 g/mol. The summed E-state index contributed by atoms with van der Waals surface area (Å²) in [5.74, 6) is -1.19. The highest BCUT2D eigenvalue weighted by molar-refractivity contribution is 5.91. The molecule has 0 bridgehead atoms. The largest absolute Gasteiger partial charge is 0.421 e. The first kappa shape index (κ1) is 18.3. The van der Waals surface area contributed by atoms with Crippen LogP contribution in [0.4, 0.5) is 11.4 Å². The fourth-order valence-corrected chi connectivity index (χ4v) is 1.95. The molecule has 0 aromatic heterocycles. The molecule has 2 rings (SSSR count). The molecule has 2 aromatic carbocycles. The number of carbonyl (C=O) groups excluding carboxylic acids is 2. The molecule has 0 aliphatic heterocycles. The van der Waals surface area contributed by atoms with Crippen molar-refractivity contribution in [2.45, 2.75) is 27.1 Å². The Morgan fingerprint density at radius 1 is 0.760 bits per heavy atom. The Balaban J connectivity index is 2.13.